The van der Waals surface area contributed by atoms with Gasteiger partial charge in [-0.05, 0) is 67.1 Å². The maximum absolute atomic E-state index is 13.2. The molecule has 4 aromatic rings. The Morgan fingerprint density at radius 1 is 1.00 bits per heavy atom. The van der Waals surface area contributed by atoms with E-state index in [1.54, 1.807) is 17.0 Å². The third kappa shape index (κ3) is 3.47. The number of aromatic amines is 1. The first-order chi connectivity index (χ1) is 14.0. The zero-order valence-electron chi connectivity index (χ0n) is 16.7. The van der Waals surface area contributed by atoms with Gasteiger partial charge < -0.3 is 14.3 Å². The number of carbonyl (C=O) groups is 1. The second-order valence-corrected chi connectivity index (χ2v) is 7.25. The largest absolute Gasteiger partial charge is 0.459 e. The minimum atomic E-state index is -0.285. The minimum absolute atomic E-state index is 0.142. The number of amides is 1. The first-order valence-electron chi connectivity index (χ1n) is 9.49. The number of H-pyrrole nitrogens is 1. The van der Waals surface area contributed by atoms with Crippen LogP contribution in [0.15, 0.2) is 70.1 Å². The highest BCUT2D eigenvalue weighted by Crippen LogP contribution is 2.26. The van der Waals surface area contributed by atoms with Crippen molar-refractivity contribution in [2.45, 2.75) is 27.3 Å². The van der Waals surface area contributed by atoms with Crippen LogP contribution in [0.5, 0.6) is 0 Å². The minimum Gasteiger partial charge on any atom is -0.459 e. The van der Waals surface area contributed by atoms with Gasteiger partial charge >= 0.3 is 0 Å². The molecule has 0 saturated carbocycles. The SMILES string of the molecule is Cc1cccc(N(Cc2cc3cccc(C)c3[nH]c2=O)C(=O)c2ccco2)c1C. The van der Waals surface area contributed by atoms with E-state index in [0.717, 1.165) is 33.3 Å². The van der Waals surface area contributed by atoms with Gasteiger partial charge in [0.15, 0.2) is 5.76 Å². The van der Waals surface area contributed by atoms with Crippen LogP contribution in [0.2, 0.25) is 0 Å². The van der Waals surface area contributed by atoms with Crippen molar-refractivity contribution in [1.29, 1.82) is 0 Å². The van der Waals surface area contributed by atoms with E-state index >= 15 is 0 Å². The summed E-state index contributed by atoms with van der Waals surface area (Å²) < 4.78 is 5.34. The standard InChI is InChI=1S/C24H22N2O3/c1-15-7-5-10-20(17(15)3)26(24(28)21-11-6-12-29-21)14-19-13-18-9-4-8-16(2)22(18)25-23(19)27/h4-13H,14H2,1-3H3,(H,25,27). The molecule has 0 aliphatic carbocycles. The second-order valence-electron chi connectivity index (χ2n) is 7.25. The second kappa shape index (κ2) is 7.43. The number of nitrogens with zero attached hydrogens (tertiary/aromatic N) is 1. The van der Waals surface area contributed by atoms with E-state index in [-0.39, 0.29) is 23.8 Å². The van der Waals surface area contributed by atoms with Crippen molar-refractivity contribution in [3.63, 3.8) is 0 Å². The molecule has 0 radical (unpaired) electrons. The fourth-order valence-electron chi connectivity index (χ4n) is 3.54. The first-order valence-corrected chi connectivity index (χ1v) is 9.49. The molecule has 2 heterocycles. The average molecular weight is 386 g/mol. The molecule has 0 bridgehead atoms. The normalized spacial score (nSPS) is 11.0. The molecular weight excluding hydrogens is 364 g/mol. The fraction of sp³-hybridized carbons (Fsp3) is 0.167. The molecule has 0 aliphatic heterocycles. The molecule has 5 nitrogen and oxygen atoms in total. The smallest absolute Gasteiger partial charge is 0.294 e. The maximum Gasteiger partial charge on any atom is 0.294 e. The number of hydrogen-bond donors (Lipinski definition) is 1. The number of furan rings is 1. The predicted molar refractivity (Wildman–Crippen MR) is 114 cm³/mol. The van der Waals surface area contributed by atoms with E-state index in [1.165, 1.54) is 6.26 Å². The van der Waals surface area contributed by atoms with Crippen molar-refractivity contribution in [2.75, 3.05) is 4.90 Å². The Labute approximate surface area is 168 Å². The molecule has 1 N–H and O–H groups in total. The molecule has 0 spiro atoms. The number of aryl methyl sites for hydroxylation is 2. The lowest BCUT2D eigenvalue weighted by atomic mass is 10.1. The van der Waals surface area contributed by atoms with Crippen LogP contribution in [0.4, 0.5) is 5.69 Å². The number of anilines is 1. The number of benzene rings is 2. The molecule has 0 saturated heterocycles. The third-order valence-electron chi connectivity index (χ3n) is 5.34. The molecule has 2 aromatic heterocycles. The molecule has 0 unspecified atom stereocenters. The molecule has 0 aliphatic rings. The van der Waals surface area contributed by atoms with Gasteiger partial charge in [0.05, 0.1) is 18.3 Å². The van der Waals surface area contributed by atoms with Crippen LogP contribution in [0, 0.1) is 20.8 Å². The zero-order chi connectivity index (χ0) is 20.5. The molecule has 2 aromatic carbocycles. The molecule has 1 amide bonds. The monoisotopic (exact) mass is 386 g/mol. The van der Waals surface area contributed by atoms with Crippen LogP contribution in [0.3, 0.4) is 0 Å². The lowest BCUT2D eigenvalue weighted by Crippen LogP contribution is -2.33. The lowest BCUT2D eigenvalue weighted by molar-refractivity contribution is 0.0958. The molecule has 0 atom stereocenters. The molecule has 29 heavy (non-hydrogen) atoms. The molecule has 4 rings (SSSR count). The Hall–Kier alpha value is -3.60. The number of carbonyl (C=O) groups excluding carboxylic acids is 1. The van der Waals surface area contributed by atoms with E-state index in [0.29, 0.717) is 5.56 Å². The third-order valence-corrected chi connectivity index (χ3v) is 5.34. The van der Waals surface area contributed by atoms with Gasteiger partial charge in [-0.15, -0.1) is 0 Å². The van der Waals surface area contributed by atoms with Crippen LogP contribution in [0.25, 0.3) is 10.9 Å². The summed E-state index contributed by atoms with van der Waals surface area (Å²) >= 11 is 0. The van der Waals surface area contributed by atoms with Crippen molar-refractivity contribution >= 4 is 22.5 Å². The van der Waals surface area contributed by atoms with Crippen LogP contribution < -0.4 is 10.5 Å². The van der Waals surface area contributed by atoms with E-state index in [1.807, 2.05) is 63.2 Å². The summed E-state index contributed by atoms with van der Waals surface area (Å²) in [5, 5.41) is 0.936. The summed E-state index contributed by atoms with van der Waals surface area (Å²) in [6, 6.07) is 16.8. The highest BCUT2D eigenvalue weighted by atomic mass is 16.3. The van der Waals surface area contributed by atoms with Gasteiger partial charge in [-0.3, -0.25) is 9.59 Å². The Bertz CT molecular complexity index is 1250. The van der Waals surface area contributed by atoms with Crippen molar-refractivity contribution in [3.8, 4) is 0 Å². The number of nitrogens with one attached hydrogen (secondary N) is 1. The summed E-state index contributed by atoms with van der Waals surface area (Å²) in [5.41, 5.74) is 4.96. The van der Waals surface area contributed by atoms with Crippen LogP contribution >= 0.6 is 0 Å². The van der Waals surface area contributed by atoms with Crippen molar-refractivity contribution < 1.29 is 9.21 Å². The van der Waals surface area contributed by atoms with Gasteiger partial charge in [0.2, 0.25) is 0 Å². The van der Waals surface area contributed by atoms with Crippen LogP contribution in [-0.4, -0.2) is 10.9 Å². The summed E-state index contributed by atoms with van der Waals surface area (Å²) in [7, 11) is 0. The summed E-state index contributed by atoms with van der Waals surface area (Å²) in [6.45, 7) is 6.07. The number of para-hydroxylation sites is 1. The van der Waals surface area contributed by atoms with Gasteiger partial charge in [0.1, 0.15) is 0 Å². The first kappa shape index (κ1) is 18.7. The Balaban J connectivity index is 1.83. The molecule has 5 heteroatoms. The van der Waals surface area contributed by atoms with Gasteiger partial charge in [-0.25, -0.2) is 0 Å². The summed E-state index contributed by atoms with van der Waals surface area (Å²) in [4.78, 5) is 30.6. The van der Waals surface area contributed by atoms with Crippen LogP contribution in [-0.2, 0) is 6.54 Å². The number of hydrogen-bond acceptors (Lipinski definition) is 3. The van der Waals surface area contributed by atoms with Gasteiger partial charge in [-0.2, -0.15) is 0 Å². The molecule has 0 fully saturated rings. The summed E-state index contributed by atoms with van der Waals surface area (Å²) in [6.07, 6.45) is 1.47. The zero-order valence-corrected chi connectivity index (χ0v) is 16.7. The Morgan fingerprint density at radius 2 is 1.76 bits per heavy atom. The highest BCUT2D eigenvalue weighted by Gasteiger charge is 2.23. The molecular formula is C24H22N2O3. The molecule has 146 valence electrons. The van der Waals surface area contributed by atoms with Crippen molar-refractivity contribution in [3.05, 3.63) is 99.2 Å². The quantitative estimate of drug-likeness (QED) is 0.543. The van der Waals surface area contributed by atoms with Gasteiger partial charge in [0.25, 0.3) is 11.5 Å². The van der Waals surface area contributed by atoms with Gasteiger partial charge in [-0.1, -0.05) is 30.3 Å². The highest BCUT2D eigenvalue weighted by molar-refractivity contribution is 6.04. The van der Waals surface area contributed by atoms with E-state index in [4.69, 9.17) is 4.42 Å². The Morgan fingerprint density at radius 3 is 2.52 bits per heavy atom. The summed E-state index contributed by atoms with van der Waals surface area (Å²) in [5.74, 6) is -0.0496. The van der Waals surface area contributed by atoms with E-state index in [9.17, 15) is 9.59 Å². The topological polar surface area (TPSA) is 66.3 Å². The van der Waals surface area contributed by atoms with Gasteiger partial charge in [0, 0.05) is 11.3 Å². The lowest BCUT2D eigenvalue weighted by Gasteiger charge is -2.24. The Kier molecular flexibility index (Phi) is 4.80. The predicted octanol–water partition coefficient (Wildman–Crippen LogP) is 4.89. The van der Waals surface area contributed by atoms with Crippen LogP contribution in [0.1, 0.15) is 32.8 Å². The fourth-order valence-corrected chi connectivity index (χ4v) is 3.54. The van der Waals surface area contributed by atoms with E-state index < -0.39 is 0 Å². The number of fused-ring (bicyclic) bond motifs is 1. The maximum atomic E-state index is 13.2. The van der Waals surface area contributed by atoms with Crippen molar-refractivity contribution in [1.82, 2.24) is 4.98 Å². The van der Waals surface area contributed by atoms with Crippen molar-refractivity contribution in [2.24, 2.45) is 0 Å². The van der Waals surface area contributed by atoms with E-state index in [2.05, 4.69) is 4.98 Å². The number of aromatic nitrogens is 1. The number of rotatable bonds is 4. The number of pyridine rings is 1. The average Bonchev–Trinajstić information content (AvgIpc) is 3.24.